The summed E-state index contributed by atoms with van der Waals surface area (Å²) in [5.74, 6) is -1.19. The molecule has 6 nitrogen and oxygen atoms in total. The van der Waals surface area contributed by atoms with Crippen LogP contribution < -0.4 is 5.56 Å². The molecule has 2 aromatic rings. The predicted octanol–water partition coefficient (Wildman–Crippen LogP) is 4.42. The first-order valence-electron chi connectivity index (χ1n) is 8.21. The van der Waals surface area contributed by atoms with E-state index in [1.165, 1.54) is 13.1 Å². The van der Waals surface area contributed by atoms with E-state index >= 15 is 0 Å². The molecule has 148 valence electrons. The second kappa shape index (κ2) is 9.66. The van der Waals surface area contributed by atoms with E-state index in [9.17, 15) is 13.6 Å². The average Bonchev–Trinajstić information content (AvgIpc) is 2.67. The maximum absolute atomic E-state index is 14.2. The number of aliphatic imine (C=N–C) groups is 1. The van der Waals surface area contributed by atoms with Gasteiger partial charge in [-0.25, -0.2) is 28.7 Å². The van der Waals surface area contributed by atoms with Crippen LogP contribution in [0.15, 0.2) is 40.3 Å². The van der Waals surface area contributed by atoms with Crippen LogP contribution in [-0.4, -0.2) is 24.7 Å². The molecule has 2 rings (SSSR count). The van der Waals surface area contributed by atoms with Crippen LogP contribution in [0.25, 0.3) is 6.20 Å². The second-order valence-electron chi connectivity index (χ2n) is 5.84. The van der Waals surface area contributed by atoms with Crippen LogP contribution in [0.2, 0.25) is 5.02 Å². The fraction of sp³-hybridized carbons (Fsp3) is 0.278. The summed E-state index contributed by atoms with van der Waals surface area (Å²) >= 11 is 11.9. The van der Waals surface area contributed by atoms with Crippen LogP contribution in [0, 0.1) is 12.7 Å². The molecule has 0 saturated carbocycles. The molecule has 0 aliphatic rings. The maximum atomic E-state index is 14.2. The Balaban J connectivity index is 2.38. The highest BCUT2D eigenvalue weighted by Crippen LogP contribution is 2.23. The molecular weight excluding hydrogens is 411 g/mol. The molecule has 0 saturated heterocycles. The Morgan fingerprint density at radius 3 is 2.64 bits per heavy atom. The van der Waals surface area contributed by atoms with Gasteiger partial charge < -0.3 is 0 Å². The van der Waals surface area contributed by atoms with E-state index in [2.05, 4.69) is 19.9 Å². The van der Waals surface area contributed by atoms with Crippen LogP contribution in [0.3, 0.4) is 0 Å². The van der Waals surface area contributed by atoms with Gasteiger partial charge in [-0.05, 0) is 13.8 Å². The summed E-state index contributed by atoms with van der Waals surface area (Å²) in [4.78, 5) is 28.3. The quantitative estimate of drug-likeness (QED) is 0.639. The Labute approximate surface area is 170 Å². The van der Waals surface area contributed by atoms with Gasteiger partial charge in [0.05, 0.1) is 24.3 Å². The van der Waals surface area contributed by atoms with Gasteiger partial charge in [-0.3, -0.25) is 9.36 Å². The summed E-state index contributed by atoms with van der Waals surface area (Å²) in [7, 11) is 0. The minimum atomic E-state index is -0.914. The van der Waals surface area contributed by atoms with Crippen LogP contribution in [0.1, 0.15) is 37.1 Å². The van der Waals surface area contributed by atoms with Crippen molar-refractivity contribution in [2.24, 2.45) is 4.99 Å². The highest BCUT2D eigenvalue weighted by atomic mass is 35.5. The number of rotatable bonds is 6. The molecule has 10 heteroatoms. The molecule has 0 bridgehead atoms. The largest absolute Gasteiger partial charge is 0.276 e. The van der Waals surface area contributed by atoms with E-state index in [0.717, 1.165) is 23.2 Å². The van der Waals surface area contributed by atoms with Gasteiger partial charge in [-0.15, -0.1) is 0 Å². The summed E-state index contributed by atoms with van der Waals surface area (Å²) in [6.45, 7) is 5.01. The van der Waals surface area contributed by atoms with E-state index in [0.29, 0.717) is 17.9 Å². The third kappa shape index (κ3) is 5.30. The van der Waals surface area contributed by atoms with Crippen molar-refractivity contribution in [2.75, 3.05) is 0 Å². The van der Waals surface area contributed by atoms with Crippen LogP contribution in [0.4, 0.5) is 8.78 Å². The second-order valence-corrected chi connectivity index (χ2v) is 6.57. The summed E-state index contributed by atoms with van der Waals surface area (Å²) < 4.78 is 28.0. The van der Waals surface area contributed by atoms with Gasteiger partial charge in [0, 0.05) is 18.5 Å². The van der Waals surface area contributed by atoms with Gasteiger partial charge in [0.15, 0.2) is 16.8 Å². The Kier molecular flexibility index (Phi) is 7.53. The minimum absolute atomic E-state index is 0.161. The number of hydrogen-bond acceptors (Lipinski definition) is 5. The lowest BCUT2D eigenvalue weighted by atomic mass is 10.0. The highest BCUT2D eigenvalue weighted by molar-refractivity contribution is 6.69. The normalized spacial score (nSPS) is 14.0. The third-order valence-electron chi connectivity index (χ3n) is 3.67. The zero-order chi connectivity index (χ0) is 20.8. The highest BCUT2D eigenvalue weighted by Gasteiger charge is 2.19. The number of nitrogens with zero attached hydrogens (tertiary/aromatic N) is 5. The van der Waals surface area contributed by atoms with Crippen molar-refractivity contribution in [1.82, 2.24) is 19.5 Å². The molecule has 0 radical (unpaired) electrons. The van der Waals surface area contributed by atoms with Crippen molar-refractivity contribution in [2.45, 2.75) is 33.1 Å². The smallest absolute Gasteiger partial charge is 0.267 e. The van der Waals surface area contributed by atoms with Gasteiger partial charge >= 0.3 is 0 Å². The summed E-state index contributed by atoms with van der Waals surface area (Å²) in [5, 5.41) is -0.572. The average molecular weight is 428 g/mol. The summed E-state index contributed by atoms with van der Waals surface area (Å²) in [5.41, 5.74) is -0.336. The number of hydrogen-bond donors (Lipinski definition) is 0. The van der Waals surface area contributed by atoms with E-state index < -0.39 is 22.4 Å². The van der Waals surface area contributed by atoms with Crippen LogP contribution in [-0.2, 0) is 6.42 Å². The predicted molar refractivity (Wildman–Crippen MR) is 106 cm³/mol. The Bertz CT molecular complexity index is 1000. The first-order chi connectivity index (χ1) is 13.2. The lowest BCUT2D eigenvalue weighted by Crippen LogP contribution is -2.24. The number of allylic oxidation sites excluding steroid dienone is 2. The molecule has 1 atom stereocenters. The van der Waals surface area contributed by atoms with E-state index in [4.69, 9.17) is 23.2 Å². The van der Waals surface area contributed by atoms with Gasteiger partial charge in [0.1, 0.15) is 16.7 Å². The topological polar surface area (TPSA) is 73.0 Å². The van der Waals surface area contributed by atoms with Gasteiger partial charge in [-0.2, -0.15) is 0 Å². The molecule has 0 fully saturated rings. The van der Waals surface area contributed by atoms with Crippen LogP contribution >= 0.6 is 23.2 Å². The molecular formula is C18H17Cl2F2N5O. The molecule has 0 aromatic carbocycles. The van der Waals surface area contributed by atoms with E-state index in [1.807, 2.05) is 0 Å². The number of halogens is 4. The minimum Gasteiger partial charge on any atom is -0.267 e. The van der Waals surface area contributed by atoms with Crippen molar-refractivity contribution < 1.29 is 8.78 Å². The fourth-order valence-electron chi connectivity index (χ4n) is 2.30. The Morgan fingerprint density at radius 2 is 2.04 bits per heavy atom. The first kappa shape index (κ1) is 21.8. The van der Waals surface area contributed by atoms with Crippen LogP contribution in [0.5, 0.6) is 0 Å². The molecule has 0 amide bonds. The molecule has 0 aliphatic carbocycles. The molecule has 1 unspecified atom stereocenters. The third-order valence-corrected chi connectivity index (χ3v) is 4.30. The standard InChI is InChI=1S/C18H17Cl2F2N5O/c1-4-5-23-17(20)13(22)9-27-11(3)26-16(15(19)18(27)28)10(2)6-14-24-7-12(21)8-25-14/h4-5,7-10H,6H2,1-3H3/b5-4+,13-9-,23-17-. The van der Waals surface area contributed by atoms with E-state index in [1.54, 1.807) is 19.9 Å². The monoisotopic (exact) mass is 427 g/mol. The number of aryl methyl sites for hydroxylation is 1. The van der Waals surface area contributed by atoms with Crippen molar-refractivity contribution in [1.29, 1.82) is 0 Å². The van der Waals surface area contributed by atoms with E-state index in [-0.39, 0.29) is 16.8 Å². The van der Waals surface area contributed by atoms with Gasteiger partial charge in [0.2, 0.25) is 0 Å². The molecule has 0 spiro atoms. The zero-order valence-electron chi connectivity index (χ0n) is 15.3. The number of aromatic nitrogens is 4. The zero-order valence-corrected chi connectivity index (χ0v) is 16.8. The molecule has 2 aromatic heterocycles. The van der Waals surface area contributed by atoms with Crippen molar-refractivity contribution in [3.63, 3.8) is 0 Å². The SMILES string of the molecule is C/C=C/N=C(Cl)/C(F)=C/n1c(C)nc(C(C)Cc2ncc(F)cn2)c(Cl)c1=O. The summed E-state index contributed by atoms with van der Waals surface area (Å²) in [6.07, 6.45) is 6.18. The van der Waals surface area contributed by atoms with Crippen molar-refractivity contribution >= 4 is 34.6 Å². The van der Waals surface area contributed by atoms with Crippen molar-refractivity contribution in [3.05, 3.63) is 69.0 Å². The lowest BCUT2D eigenvalue weighted by molar-refractivity contribution is 0.601. The lowest BCUT2D eigenvalue weighted by Gasteiger charge is -2.14. The molecule has 28 heavy (non-hydrogen) atoms. The van der Waals surface area contributed by atoms with Gasteiger partial charge in [-0.1, -0.05) is 36.2 Å². The first-order valence-corrected chi connectivity index (χ1v) is 8.97. The Morgan fingerprint density at radius 1 is 1.39 bits per heavy atom. The Hall–Kier alpha value is -2.45. The molecule has 2 heterocycles. The maximum Gasteiger partial charge on any atom is 0.276 e. The molecule has 0 aliphatic heterocycles. The molecule has 0 N–H and O–H groups in total. The van der Waals surface area contributed by atoms with Crippen molar-refractivity contribution in [3.8, 4) is 0 Å². The van der Waals surface area contributed by atoms with Gasteiger partial charge in [0.25, 0.3) is 5.56 Å². The fourth-order valence-corrected chi connectivity index (χ4v) is 2.73. The summed E-state index contributed by atoms with van der Waals surface area (Å²) in [6, 6.07) is 0.